The molecule has 0 aromatic heterocycles. The second-order valence-corrected chi connectivity index (χ2v) is 6.22. The maximum absolute atomic E-state index is 12.2. The van der Waals surface area contributed by atoms with E-state index in [-0.39, 0.29) is 0 Å². The number of halogens is 3. The summed E-state index contributed by atoms with van der Waals surface area (Å²) in [4.78, 5) is 0. The first-order valence-corrected chi connectivity index (χ1v) is 7.50. The maximum Gasteiger partial charge on any atom is 0.390 e. The van der Waals surface area contributed by atoms with Crippen LogP contribution in [0.25, 0.3) is 0 Å². The van der Waals surface area contributed by atoms with Crippen molar-refractivity contribution < 1.29 is 13.2 Å². The third-order valence-electron chi connectivity index (χ3n) is 4.50. The van der Waals surface area contributed by atoms with Gasteiger partial charge in [-0.15, -0.1) is 0 Å². The molecule has 2 aliphatic rings. The first-order chi connectivity index (χ1) is 8.94. The Morgan fingerprint density at radius 2 is 1.89 bits per heavy atom. The molecule has 2 nitrogen and oxygen atoms in total. The van der Waals surface area contributed by atoms with Crippen LogP contribution in [-0.2, 0) is 0 Å². The lowest BCUT2D eigenvalue weighted by atomic mass is 9.78. The minimum Gasteiger partial charge on any atom is -0.312 e. The number of fused-ring (bicyclic) bond motifs is 1. The zero-order chi connectivity index (χ0) is 13.9. The van der Waals surface area contributed by atoms with Crippen molar-refractivity contribution in [3.63, 3.8) is 0 Å². The number of rotatable bonds is 4. The third kappa shape index (κ3) is 4.95. The molecule has 0 spiro atoms. The summed E-state index contributed by atoms with van der Waals surface area (Å²) in [5, 5.41) is 6.65. The van der Waals surface area contributed by atoms with Crippen molar-refractivity contribution in [1.82, 2.24) is 10.6 Å². The lowest BCUT2D eigenvalue weighted by Gasteiger charge is -2.41. The van der Waals surface area contributed by atoms with Crippen LogP contribution < -0.4 is 10.6 Å². The molecule has 1 saturated heterocycles. The van der Waals surface area contributed by atoms with Crippen molar-refractivity contribution in [3.8, 4) is 0 Å². The Morgan fingerprint density at radius 1 is 1.16 bits per heavy atom. The summed E-state index contributed by atoms with van der Waals surface area (Å²) in [6, 6.07) is 0.452. The average molecular weight is 278 g/mol. The molecule has 0 radical (unpaired) electrons. The van der Waals surface area contributed by atoms with Gasteiger partial charge in [-0.05, 0) is 38.5 Å². The zero-order valence-corrected chi connectivity index (χ0v) is 11.6. The van der Waals surface area contributed by atoms with Gasteiger partial charge >= 0.3 is 6.18 Å². The molecule has 2 rings (SSSR count). The molecule has 4 unspecified atom stereocenters. The van der Waals surface area contributed by atoms with E-state index in [1.807, 2.05) is 0 Å². The van der Waals surface area contributed by atoms with Crippen molar-refractivity contribution in [2.75, 3.05) is 6.54 Å². The van der Waals surface area contributed by atoms with E-state index in [0.717, 1.165) is 12.3 Å². The summed E-state index contributed by atoms with van der Waals surface area (Å²) in [6.45, 7) is 2.26. The average Bonchev–Trinajstić information content (AvgIpc) is 2.34. The van der Waals surface area contributed by atoms with Crippen LogP contribution in [0, 0.1) is 5.92 Å². The molecule has 0 bridgehead atoms. The van der Waals surface area contributed by atoms with Crippen molar-refractivity contribution in [2.24, 2.45) is 5.92 Å². The van der Waals surface area contributed by atoms with Crippen LogP contribution in [0.1, 0.15) is 51.9 Å². The fourth-order valence-corrected chi connectivity index (χ4v) is 3.50. The summed E-state index contributed by atoms with van der Waals surface area (Å²) < 4.78 is 36.7. The van der Waals surface area contributed by atoms with E-state index in [0.29, 0.717) is 18.6 Å². The maximum atomic E-state index is 12.2. The van der Waals surface area contributed by atoms with Crippen molar-refractivity contribution in [1.29, 1.82) is 0 Å². The third-order valence-corrected chi connectivity index (χ3v) is 4.50. The van der Waals surface area contributed by atoms with Crippen LogP contribution in [0.2, 0.25) is 0 Å². The Labute approximate surface area is 113 Å². The number of piperidine rings is 1. The van der Waals surface area contributed by atoms with E-state index in [9.17, 15) is 13.2 Å². The molecule has 4 atom stereocenters. The van der Waals surface area contributed by atoms with E-state index in [1.54, 1.807) is 6.92 Å². The highest BCUT2D eigenvalue weighted by Crippen LogP contribution is 2.32. The summed E-state index contributed by atoms with van der Waals surface area (Å²) in [5.74, 6) is 0.803. The van der Waals surface area contributed by atoms with E-state index in [2.05, 4.69) is 10.6 Å². The van der Waals surface area contributed by atoms with Gasteiger partial charge in [-0.1, -0.05) is 12.8 Å². The summed E-state index contributed by atoms with van der Waals surface area (Å²) in [6.07, 6.45) is 2.70. The Balaban J connectivity index is 1.69. The van der Waals surface area contributed by atoms with Gasteiger partial charge in [0.2, 0.25) is 0 Å². The molecule has 5 heteroatoms. The Hall–Kier alpha value is -0.290. The number of hydrogen-bond donors (Lipinski definition) is 2. The molecule has 0 amide bonds. The first-order valence-electron chi connectivity index (χ1n) is 7.50. The lowest BCUT2D eigenvalue weighted by molar-refractivity contribution is -0.139. The van der Waals surface area contributed by atoms with Gasteiger partial charge in [0.15, 0.2) is 0 Å². The number of alkyl halides is 3. The van der Waals surface area contributed by atoms with Gasteiger partial charge in [0, 0.05) is 24.7 Å². The predicted molar refractivity (Wildman–Crippen MR) is 70.0 cm³/mol. The van der Waals surface area contributed by atoms with Crippen LogP contribution in [0.4, 0.5) is 13.2 Å². The van der Waals surface area contributed by atoms with Crippen molar-refractivity contribution >= 4 is 0 Å². The predicted octanol–water partition coefficient (Wildman–Crippen LogP) is 3.23. The molecular formula is C14H25F3N2. The minimum absolute atomic E-state index is 0.343. The smallest absolute Gasteiger partial charge is 0.312 e. The molecule has 1 saturated carbocycles. The fraction of sp³-hybridized carbons (Fsp3) is 1.00. The zero-order valence-electron chi connectivity index (χ0n) is 11.6. The second kappa shape index (κ2) is 6.44. The molecule has 19 heavy (non-hydrogen) atoms. The monoisotopic (exact) mass is 278 g/mol. The molecule has 1 aliphatic carbocycles. The highest BCUT2D eigenvalue weighted by atomic mass is 19.4. The van der Waals surface area contributed by atoms with Gasteiger partial charge in [0.25, 0.3) is 0 Å². The number of nitrogens with one attached hydrogen (secondary N) is 2. The minimum atomic E-state index is -4.07. The van der Waals surface area contributed by atoms with Crippen molar-refractivity contribution in [2.45, 2.75) is 76.2 Å². The summed E-state index contributed by atoms with van der Waals surface area (Å²) in [7, 11) is 0. The first kappa shape index (κ1) is 15.1. The van der Waals surface area contributed by atoms with Crippen LogP contribution in [-0.4, -0.2) is 30.8 Å². The normalized spacial score (nSPS) is 33.8. The van der Waals surface area contributed by atoms with Gasteiger partial charge in [0.1, 0.15) is 0 Å². The molecule has 0 aromatic carbocycles. The molecule has 1 aliphatic heterocycles. The molecule has 1 heterocycles. The molecule has 0 aromatic rings. The molecule has 2 N–H and O–H groups in total. The molecular weight excluding hydrogens is 253 g/mol. The summed E-state index contributed by atoms with van der Waals surface area (Å²) >= 11 is 0. The Morgan fingerprint density at radius 3 is 2.63 bits per heavy atom. The quantitative estimate of drug-likeness (QED) is 0.825. The van der Waals surface area contributed by atoms with E-state index >= 15 is 0 Å². The second-order valence-electron chi connectivity index (χ2n) is 6.22. The Kier molecular flexibility index (Phi) is 5.12. The van der Waals surface area contributed by atoms with E-state index in [1.165, 1.54) is 32.1 Å². The largest absolute Gasteiger partial charge is 0.390 e. The van der Waals surface area contributed by atoms with Gasteiger partial charge < -0.3 is 10.6 Å². The van der Waals surface area contributed by atoms with Crippen LogP contribution in [0.3, 0.4) is 0 Å². The fourth-order valence-electron chi connectivity index (χ4n) is 3.50. The van der Waals surface area contributed by atoms with Gasteiger partial charge in [0.05, 0.1) is 6.42 Å². The topological polar surface area (TPSA) is 24.1 Å². The highest BCUT2D eigenvalue weighted by molar-refractivity contribution is 4.90. The Bertz CT molecular complexity index is 280. The van der Waals surface area contributed by atoms with Gasteiger partial charge in [-0.3, -0.25) is 0 Å². The van der Waals surface area contributed by atoms with Gasteiger partial charge in [-0.25, -0.2) is 0 Å². The number of hydrogen-bond acceptors (Lipinski definition) is 2. The summed E-state index contributed by atoms with van der Waals surface area (Å²) in [5.41, 5.74) is 0. The van der Waals surface area contributed by atoms with E-state index < -0.39 is 18.6 Å². The van der Waals surface area contributed by atoms with Crippen LogP contribution in [0.15, 0.2) is 0 Å². The lowest BCUT2D eigenvalue weighted by Crippen LogP contribution is -2.53. The molecule has 112 valence electrons. The van der Waals surface area contributed by atoms with Gasteiger partial charge in [-0.2, -0.15) is 13.2 Å². The van der Waals surface area contributed by atoms with Crippen LogP contribution >= 0.6 is 0 Å². The standard InChI is InChI=1S/C14H25F3N2/c1-10(8-14(15,16)17)18-9-12-7-6-11-4-2-3-5-13(11)19-12/h10-13,18-19H,2-9H2,1H3. The highest BCUT2D eigenvalue weighted by Gasteiger charge is 2.33. The molecule has 2 fully saturated rings. The van der Waals surface area contributed by atoms with Crippen molar-refractivity contribution in [3.05, 3.63) is 0 Å². The van der Waals surface area contributed by atoms with E-state index in [4.69, 9.17) is 0 Å². The van der Waals surface area contributed by atoms with Crippen LogP contribution in [0.5, 0.6) is 0 Å². The SMILES string of the molecule is CC(CC(F)(F)F)NCC1CCC2CCCCC2N1.